The van der Waals surface area contributed by atoms with Crippen LogP contribution in [0.15, 0.2) is 42.5 Å². The van der Waals surface area contributed by atoms with Crippen LogP contribution in [0.1, 0.15) is 29.5 Å². The number of ether oxygens (including phenoxy) is 1. The van der Waals surface area contributed by atoms with E-state index < -0.39 is 0 Å². The Morgan fingerprint density at radius 2 is 1.81 bits per heavy atom. The maximum absolute atomic E-state index is 13.6. The van der Waals surface area contributed by atoms with Crippen LogP contribution in [0.3, 0.4) is 0 Å². The molecular weight excluding hydrogens is 265 g/mol. The Morgan fingerprint density at radius 1 is 1.10 bits per heavy atom. The molecule has 0 saturated heterocycles. The predicted octanol–water partition coefficient (Wildman–Crippen LogP) is 3.97. The van der Waals surface area contributed by atoms with E-state index in [0.29, 0.717) is 12.4 Å². The second-order valence-corrected chi connectivity index (χ2v) is 5.69. The third kappa shape index (κ3) is 4.05. The summed E-state index contributed by atoms with van der Waals surface area (Å²) >= 11 is 0. The number of benzene rings is 2. The van der Waals surface area contributed by atoms with E-state index in [-0.39, 0.29) is 5.82 Å². The average Bonchev–Trinajstić information content (AvgIpc) is 3.31. The number of aryl methyl sites for hydroxylation is 1. The van der Waals surface area contributed by atoms with Crippen molar-refractivity contribution in [1.29, 1.82) is 0 Å². The van der Waals surface area contributed by atoms with E-state index in [4.69, 9.17) is 4.74 Å². The summed E-state index contributed by atoms with van der Waals surface area (Å²) in [5.74, 6) is 0.000306. The van der Waals surface area contributed by atoms with Gasteiger partial charge in [-0.15, -0.1) is 0 Å². The Kier molecular flexibility index (Phi) is 4.20. The van der Waals surface area contributed by atoms with Crippen LogP contribution in [0.2, 0.25) is 0 Å². The van der Waals surface area contributed by atoms with Crippen LogP contribution in [0, 0.1) is 12.7 Å². The first kappa shape index (κ1) is 14.1. The number of nitrogens with one attached hydrogen (secondary N) is 1. The zero-order valence-electron chi connectivity index (χ0n) is 12.2. The molecule has 1 saturated carbocycles. The van der Waals surface area contributed by atoms with Crippen LogP contribution in [0.4, 0.5) is 4.39 Å². The molecule has 0 atom stereocenters. The Balaban J connectivity index is 1.55. The van der Waals surface area contributed by atoms with Gasteiger partial charge in [-0.25, -0.2) is 4.39 Å². The molecule has 3 heteroatoms. The van der Waals surface area contributed by atoms with E-state index in [0.717, 1.165) is 23.7 Å². The van der Waals surface area contributed by atoms with Crippen molar-refractivity contribution in [3.05, 3.63) is 65.0 Å². The lowest BCUT2D eigenvalue weighted by atomic mass is 10.1. The van der Waals surface area contributed by atoms with E-state index in [1.54, 1.807) is 12.1 Å². The summed E-state index contributed by atoms with van der Waals surface area (Å²) in [4.78, 5) is 0. The highest BCUT2D eigenvalue weighted by Crippen LogP contribution is 2.21. The minimum absolute atomic E-state index is 0.314. The highest BCUT2D eigenvalue weighted by molar-refractivity contribution is 5.30. The fraction of sp³-hybridized carbons (Fsp3) is 0.333. The van der Waals surface area contributed by atoms with Gasteiger partial charge in [-0.05, 0) is 48.6 Å². The highest BCUT2D eigenvalue weighted by Gasteiger charge is 2.19. The van der Waals surface area contributed by atoms with Crippen molar-refractivity contribution in [2.45, 2.75) is 39.0 Å². The van der Waals surface area contributed by atoms with E-state index in [9.17, 15) is 4.39 Å². The van der Waals surface area contributed by atoms with Gasteiger partial charge in [0, 0.05) is 12.6 Å². The zero-order chi connectivity index (χ0) is 14.7. The van der Waals surface area contributed by atoms with Gasteiger partial charge in [-0.3, -0.25) is 0 Å². The first-order valence-corrected chi connectivity index (χ1v) is 7.41. The molecule has 1 fully saturated rings. The van der Waals surface area contributed by atoms with Gasteiger partial charge in [0.1, 0.15) is 6.61 Å². The van der Waals surface area contributed by atoms with Crippen LogP contribution >= 0.6 is 0 Å². The Bertz CT molecular complexity index is 605. The molecule has 0 radical (unpaired) electrons. The van der Waals surface area contributed by atoms with Crippen LogP contribution in [-0.2, 0) is 13.2 Å². The molecule has 21 heavy (non-hydrogen) atoms. The number of rotatable bonds is 6. The molecule has 1 N–H and O–H groups in total. The van der Waals surface area contributed by atoms with Crippen molar-refractivity contribution < 1.29 is 9.13 Å². The molecule has 0 amide bonds. The van der Waals surface area contributed by atoms with Gasteiger partial charge in [-0.1, -0.05) is 30.3 Å². The van der Waals surface area contributed by atoms with Crippen LogP contribution in [-0.4, -0.2) is 6.04 Å². The summed E-state index contributed by atoms with van der Waals surface area (Å²) in [5.41, 5.74) is 3.31. The van der Waals surface area contributed by atoms with E-state index in [1.165, 1.54) is 24.5 Å². The summed E-state index contributed by atoms with van der Waals surface area (Å²) in [5, 5.41) is 3.48. The van der Waals surface area contributed by atoms with Crippen LogP contribution in [0.5, 0.6) is 5.75 Å². The molecule has 0 heterocycles. The van der Waals surface area contributed by atoms with Crippen molar-refractivity contribution in [2.75, 3.05) is 0 Å². The molecule has 0 aromatic heterocycles. The number of hydrogen-bond donors (Lipinski definition) is 1. The van der Waals surface area contributed by atoms with Gasteiger partial charge in [0.15, 0.2) is 11.6 Å². The molecular formula is C18H20FNO. The Labute approximate surface area is 125 Å². The monoisotopic (exact) mass is 285 g/mol. The van der Waals surface area contributed by atoms with E-state index in [2.05, 4.69) is 17.4 Å². The minimum Gasteiger partial charge on any atom is -0.486 e. The quantitative estimate of drug-likeness (QED) is 0.867. The average molecular weight is 285 g/mol. The number of hydrogen-bond acceptors (Lipinski definition) is 2. The molecule has 2 aromatic rings. The molecule has 0 spiro atoms. The standard InChI is InChI=1S/C18H20FNO/c1-13-2-9-17(19)18(10-13)21-12-15-5-3-14(4-6-15)11-20-16-7-8-16/h2-6,9-10,16,20H,7-8,11-12H2,1H3. The topological polar surface area (TPSA) is 21.3 Å². The summed E-state index contributed by atoms with van der Waals surface area (Å²) in [7, 11) is 0. The van der Waals surface area contributed by atoms with Gasteiger partial charge in [0.25, 0.3) is 0 Å². The van der Waals surface area contributed by atoms with Crippen molar-refractivity contribution >= 4 is 0 Å². The zero-order valence-corrected chi connectivity index (χ0v) is 12.2. The molecule has 110 valence electrons. The van der Waals surface area contributed by atoms with E-state index >= 15 is 0 Å². The van der Waals surface area contributed by atoms with Gasteiger partial charge < -0.3 is 10.1 Å². The van der Waals surface area contributed by atoms with Gasteiger partial charge in [0.05, 0.1) is 0 Å². The Morgan fingerprint density at radius 3 is 2.52 bits per heavy atom. The highest BCUT2D eigenvalue weighted by atomic mass is 19.1. The normalized spacial score (nSPS) is 14.2. The summed E-state index contributed by atoms with van der Waals surface area (Å²) < 4.78 is 19.1. The molecule has 2 aromatic carbocycles. The van der Waals surface area contributed by atoms with Crippen LogP contribution in [0.25, 0.3) is 0 Å². The van der Waals surface area contributed by atoms with Gasteiger partial charge >= 0.3 is 0 Å². The lowest BCUT2D eigenvalue weighted by molar-refractivity contribution is 0.290. The smallest absolute Gasteiger partial charge is 0.165 e. The largest absolute Gasteiger partial charge is 0.486 e. The van der Waals surface area contributed by atoms with E-state index in [1.807, 2.05) is 19.1 Å². The maximum atomic E-state index is 13.6. The van der Waals surface area contributed by atoms with Crippen molar-refractivity contribution in [1.82, 2.24) is 5.32 Å². The van der Waals surface area contributed by atoms with Crippen LogP contribution < -0.4 is 10.1 Å². The molecule has 0 unspecified atom stereocenters. The third-order valence-electron chi connectivity index (χ3n) is 3.68. The third-order valence-corrected chi connectivity index (χ3v) is 3.68. The molecule has 0 bridgehead atoms. The Hall–Kier alpha value is -1.87. The fourth-order valence-corrected chi connectivity index (χ4v) is 2.19. The van der Waals surface area contributed by atoms with Crippen molar-refractivity contribution in [3.8, 4) is 5.75 Å². The number of halogens is 1. The van der Waals surface area contributed by atoms with Gasteiger partial charge in [0.2, 0.25) is 0 Å². The SMILES string of the molecule is Cc1ccc(F)c(OCc2ccc(CNC3CC3)cc2)c1. The first-order chi connectivity index (χ1) is 10.2. The van der Waals surface area contributed by atoms with Crippen molar-refractivity contribution in [2.24, 2.45) is 0 Å². The summed E-state index contributed by atoms with van der Waals surface area (Å²) in [6.07, 6.45) is 2.60. The lowest BCUT2D eigenvalue weighted by Crippen LogP contribution is -2.15. The molecule has 0 aliphatic heterocycles. The summed E-state index contributed by atoms with van der Waals surface area (Å²) in [6.45, 7) is 3.23. The molecule has 1 aliphatic rings. The minimum atomic E-state index is -0.314. The predicted molar refractivity (Wildman–Crippen MR) is 81.8 cm³/mol. The maximum Gasteiger partial charge on any atom is 0.165 e. The molecule has 1 aliphatic carbocycles. The summed E-state index contributed by atoms with van der Waals surface area (Å²) in [6, 6.07) is 13.9. The first-order valence-electron chi connectivity index (χ1n) is 7.41. The van der Waals surface area contributed by atoms with Gasteiger partial charge in [-0.2, -0.15) is 0 Å². The molecule has 2 nitrogen and oxygen atoms in total. The fourth-order valence-electron chi connectivity index (χ4n) is 2.19. The van der Waals surface area contributed by atoms with Crippen molar-refractivity contribution in [3.63, 3.8) is 0 Å². The second kappa shape index (κ2) is 6.27. The second-order valence-electron chi connectivity index (χ2n) is 5.69. The lowest BCUT2D eigenvalue weighted by Gasteiger charge is -2.09. The molecule has 3 rings (SSSR count).